The lowest BCUT2D eigenvalue weighted by Crippen LogP contribution is -2.33. The molecule has 1 aromatic carbocycles. The summed E-state index contributed by atoms with van der Waals surface area (Å²) >= 11 is 0. The highest BCUT2D eigenvalue weighted by molar-refractivity contribution is 5.93. The molecule has 0 aliphatic heterocycles. The van der Waals surface area contributed by atoms with Crippen LogP contribution in [0.3, 0.4) is 0 Å². The summed E-state index contributed by atoms with van der Waals surface area (Å²) in [5.41, 5.74) is 1.23. The molecule has 0 aliphatic carbocycles. The molecule has 134 valence electrons. The Labute approximate surface area is 146 Å². The highest BCUT2D eigenvalue weighted by atomic mass is 16.6. The highest BCUT2D eigenvalue weighted by Gasteiger charge is 2.19. The van der Waals surface area contributed by atoms with Crippen molar-refractivity contribution >= 4 is 11.6 Å². The molecule has 0 saturated carbocycles. The molecule has 8 nitrogen and oxygen atoms in total. The van der Waals surface area contributed by atoms with E-state index in [-0.39, 0.29) is 23.3 Å². The van der Waals surface area contributed by atoms with Crippen molar-refractivity contribution in [3.63, 3.8) is 0 Å². The quantitative estimate of drug-likeness (QED) is 0.449. The first-order valence-corrected chi connectivity index (χ1v) is 8.42. The van der Waals surface area contributed by atoms with Crippen molar-refractivity contribution < 1.29 is 9.72 Å². The maximum absolute atomic E-state index is 12.4. The van der Waals surface area contributed by atoms with E-state index in [1.54, 1.807) is 19.1 Å². The van der Waals surface area contributed by atoms with Crippen molar-refractivity contribution in [2.45, 2.75) is 52.5 Å². The molecule has 25 heavy (non-hydrogen) atoms. The van der Waals surface area contributed by atoms with E-state index < -0.39 is 4.92 Å². The molecule has 0 bridgehead atoms. The molecule has 1 atom stereocenters. The van der Waals surface area contributed by atoms with E-state index in [9.17, 15) is 14.9 Å². The van der Waals surface area contributed by atoms with Crippen molar-refractivity contribution in [1.29, 1.82) is 0 Å². The van der Waals surface area contributed by atoms with Gasteiger partial charge in [-0.3, -0.25) is 14.9 Å². The lowest BCUT2D eigenvalue weighted by Gasteiger charge is -2.12. The van der Waals surface area contributed by atoms with E-state index in [0.29, 0.717) is 11.4 Å². The number of benzene rings is 1. The molecule has 2 aromatic rings. The van der Waals surface area contributed by atoms with Gasteiger partial charge in [0.25, 0.3) is 11.6 Å². The minimum atomic E-state index is -0.471. The Bertz CT molecular complexity index is 756. The normalized spacial score (nSPS) is 12.0. The van der Waals surface area contributed by atoms with Crippen molar-refractivity contribution in [3.05, 3.63) is 45.8 Å². The largest absolute Gasteiger partial charge is 0.348 e. The van der Waals surface area contributed by atoms with Crippen molar-refractivity contribution in [3.8, 4) is 5.69 Å². The Morgan fingerprint density at radius 2 is 2.16 bits per heavy atom. The second kappa shape index (κ2) is 8.36. The summed E-state index contributed by atoms with van der Waals surface area (Å²) in [6.45, 7) is 5.82. The number of nitrogens with zero attached hydrogens (tertiary/aromatic N) is 4. The van der Waals surface area contributed by atoms with Gasteiger partial charge in [0.05, 0.1) is 16.3 Å². The predicted octanol–water partition coefficient (Wildman–Crippen LogP) is 3.18. The number of nitro groups is 1. The van der Waals surface area contributed by atoms with E-state index in [1.807, 2.05) is 6.92 Å². The number of aromatic nitrogens is 3. The average Bonchev–Trinajstić information content (AvgIpc) is 2.96. The van der Waals surface area contributed by atoms with Gasteiger partial charge in [0.1, 0.15) is 0 Å². The van der Waals surface area contributed by atoms with Crippen LogP contribution in [0.5, 0.6) is 0 Å². The summed E-state index contributed by atoms with van der Waals surface area (Å²) in [6, 6.07) is 6.12. The Morgan fingerprint density at radius 3 is 2.84 bits per heavy atom. The number of nitro benzene ring substituents is 1. The zero-order valence-corrected chi connectivity index (χ0v) is 14.7. The summed E-state index contributed by atoms with van der Waals surface area (Å²) < 4.78 is 1.43. The van der Waals surface area contributed by atoms with Crippen LogP contribution in [0.2, 0.25) is 0 Å². The fourth-order valence-corrected chi connectivity index (χ4v) is 2.59. The predicted molar refractivity (Wildman–Crippen MR) is 93.8 cm³/mol. The van der Waals surface area contributed by atoms with Gasteiger partial charge in [-0.25, -0.2) is 4.68 Å². The van der Waals surface area contributed by atoms with Crippen molar-refractivity contribution in [1.82, 2.24) is 20.3 Å². The zero-order valence-electron chi connectivity index (χ0n) is 14.7. The van der Waals surface area contributed by atoms with Gasteiger partial charge >= 0.3 is 0 Å². The Kier molecular flexibility index (Phi) is 6.21. The molecule has 1 unspecified atom stereocenters. The standard InChI is InChI=1S/C17H23N5O3/c1-4-5-6-8-12(2)18-17(23)16-13(3)21(20-19-16)14-9-7-10-15(11-14)22(24)25/h7,9-12H,4-6,8H2,1-3H3,(H,18,23). The molecular weight excluding hydrogens is 322 g/mol. The molecular formula is C17H23N5O3. The fraction of sp³-hybridized carbons (Fsp3) is 0.471. The average molecular weight is 345 g/mol. The molecule has 1 aromatic heterocycles. The minimum absolute atomic E-state index is 0.0389. The van der Waals surface area contributed by atoms with E-state index in [1.165, 1.54) is 16.8 Å². The monoisotopic (exact) mass is 345 g/mol. The van der Waals surface area contributed by atoms with Gasteiger partial charge in [-0.2, -0.15) is 0 Å². The number of hydrogen-bond donors (Lipinski definition) is 1. The maximum Gasteiger partial charge on any atom is 0.273 e. The molecule has 1 amide bonds. The van der Waals surface area contributed by atoms with Gasteiger partial charge in [0, 0.05) is 18.2 Å². The summed E-state index contributed by atoms with van der Waals surface area (Å²) in [5, 5.41) is 21.8. The van der Waals surface area contributed by atoms with Crippen LogP contribution in [0.25, 0.3) is 5.69 Å². The third-order valence-electron chi connectivity index (χ3n) is 4.01. The Hall–Kier alpha value is -2.77. The highest BCUT2D eigenvalue weighted by Crippen LogP contribution is 2.18. The van der Waals surface area contributed by atoms with Crippen LogP contribution in [0.1, 0.15) is 55.7 Å². The molecule has 1 heterocycles. The topological polar surface area (TPSA) is 103 Å². The second-order valence-corrected chi connectivity index (χ2v) is 6.08. The van der Waals surface area contributed by atoms with Gasteiger partial charge in [-0.1, -0.05) is 37.5 Å². The van der Waals surface area contributed by atoms with Crippen LogP contribution < -0.4 is 5.32 Å². The fourth-order valence-electron chi connectivity index (χ4n) is 2.59. The van der Waals surface area contributed by atoms with Crippen LogP contribution in [0, 0.1) is 17.0 Å². The number of non-ortho nitro benzene ring substituents is 1. The summed E-state index contributed by atoms with van der Waals surface area (Å²) in [5.74, 6) is -0.279. The lowest BCUT2D eigenvalue weighted by atomic mass is 10.1. The first-order chi connectivity index (χ1) is 11.9. The van der Waals surface area contributed by atoms with Crippen LogP contribution in [-0.4, -0.2) is 31.9 Å². The van der Waals surface area contributed by atoms with Crippen molar-refractivity contribution in [2.75, 3.05) is 0 Å². The summed E-state index contributed by atoms with van der Waals surface area (Å²) in [4.78, 5) is 22.8. The van der Waals surface area contributed by atoms with E-state index in [4.69, 9.17) is 0 Å². The molecule has 0 saturated heterocycles. The lowest BCUT2D eigenvalue weighted by molar-refractivity contribution is -0.384. The number of carbonyl (C=O) groups is 1. The number of rotatable bonds is 8. The molecule has 0 fully saturated rings. The Morgan fingerprint density at radius 1 is 1.40 bits per heavy atom. The number of carbonyl (C=O) groups excluding carboxylic acids is 1. The van der Waals surface area contributed by atoms with E-state index in [0.717, 1.165) is 25.7 Å². The van der Waals surface area contributed by atoms with Gasteiger partial charge < -0.3 is 5.32 Å². The molecule has 1 N–H and O–H groups in total. The third kappa shape index (κ3) is 4.62. The molecule has 0 aliphatic rings. The van der Waals surface area contributed by atoms with Crippen LogP contribution in [0.4, 0.5) is 5.69 Å². The zero-order chi connectivity index (χ0) is 18.4. The van der Waals surface area contributed by atoms with Gasteiger partial charge in [-0.05, 0) is 26.3 Å². The number of unbranched alkanes of at least 4 members (excludes halogenated alkanes) is 2. The first-order valence-electron chi connectivity index (χ1n) is 8.42. The summed E-state index contributed by atoms with van der Waals surface area (Å²) in [6.07, 6.45) is 4.26. The van der Waals surface area contributed by atoms with E-state index in [2.05, 4.69) is 22.6 Å². The third-order valence-corrected chi connectivity index (χ3v) is 4.01. The number of amides is 1. The van der Waals surface area contributed by atoms with E-state index >= 15 is 0 Å². The SMILES string of the molecule is CCCCCC(C)NC(=O)c1nnn(-c2cccc([N+](=O)[O-])c2)c1C. The molecule has 8 heteroatoms. The van der Waals surface area contributed by atoms with Gasteiger partial charge in [0.15, 0.2) is 5.69 Å². The smallest absolute Gasteiger partial charge is 0.273 e. The van der Waals surface area contributed by atoms with Gasteiger partial charge in [-0.15, -0.1) is 5.10 Å². The van der Waals surface area contributed by atoms with Crippen LogP contribution >= 0.6 is 0 Å². The molecule has 2 rings (SSSR count). The van der Waals surface area contributed by atoms with Gasteiger partial charge in [0.2, 0.25) is 0 Å². The molecule has 0 radical (unpaired) electrons. The number of hydrogen-bond acceptors (Lipinski definition) is 5. The Balaban J connectivity index is 2.14. The van der Waals surface area contributed by atoms with Crippen LogP contribution in [0.15, 0.2) is 24.3 Å². The van der Waals surface area contributed by atoms with Crippen molar-refractivity contribution in [2.24, 2.45) is 0 Å². The van der Waals surface area contributed by atoms with Crippen LogP contribution in [-0.2, 0) is 0 Å². The number of nitrogens with one attached hydrogen (secondary N) is 1. The maximum atomic E-state index is 12.4. The second-order valence-electron chi connectivity index (χ2n) is 6.08. The minimum Gasteiger partial charge on any atom is -0.348 e. The summed E-state index contributed by atoms with van der Waals surface area (Å²) in [7, 11) is 0. The molecule has 0 spiro atoms. The first kappa shape index (κ1) is 18.6.